The Morgan fingerprint density at radius 1 is 1.15 bits per heavy atom. The zero-order valence-electron chi connectivity index (χ0n) is 21.1. The molecule has 0 saturated carbocycles. The van der Waals surface area contributed by atoms with Gasteiger partial charge in [-0.2, -0.15) is 0 Å². The largest absolute Gasteiger partial charge is 0.345 e. The van der Waals surface area contributed by atoms with Crippen LogP contribution in [0.25, 0.3) is 11.0 Å². The van der Waals surface area contributed by atoms with Crippen LogP contribution in [-0.4, -0.2) is 45.2 Å². The first-order valence-electron chi connectivity index (χ1n) is 12.1. The summed E-state index contributed by atoms with van der Waals surface area (Å²) >= 11 is 1.58. The number of nitrogens with zero attached hydrogens (tertiary/aromatic N) is 4. The summed E-state index contributed by atoms with van der Waals surface area (Å²) in [6.07, 6.45) is 6.45. The van der Waals surface area contributed by atoms with Crippen LogP contribution < -0.4 is 4.72 Å². The zero-order valence-corrected chi connectivity index (χ0v) is 22.7. The van der Waals surface area contributed by atoms with Gasteiger partial charge in [0.1, 0.15) is 17.3 Å². The lowest BCUT2D eigenvalue weighted by Crippen LogP contribution is -2.16. The predicted octanol–water partition coefficient (Wildman–Crippen LogP) is 5.21. The van der Waals surface area contributed by atoms with Gasteiger partial charge in [-0.3, -0.25) is 14.5 Å². The minimum Gasteiger partial charge on any atom is -0.345 e. The average Bonchev–Trinajstić information content (AvgIpc) is 3.69. The van der Waals surface area contributed by atoms with Crippen LogP contribution >= 0.6 is 11.8 Å². The molecular weight excluding hydrogens is 577 g/mol. The molecular formula is C27H19F3N6O3S2. The quantitative estimate of drug-likeness (QED) is 0.249. The molecule has 4 heterocycles. The third-order valence-electron chi connectivity index (χ3n) is 6.40. The number of ketones is 1. The SMILES string of the molecule is Cc1cn(C2N=C(c3cnc4[nH]cc(C(=O)c5c(F)ccc(NS(=O)(=O)c6cccc(F)c6)c5F)c4c3)CS2)cn1. The minimum absolute atomic E-state index is 0.0645. The Kier molecular flexibility index (Phi) is 6.66. The van der Waals surface area contributed by atoms with Gasteiger partial charge >= 0.3 is 0 Å². The van der Waals surface area contributed by atoms with Crippen LogP contribution in [0.15, 0.2) is 77.3 Å². The van der Waals surface area contributed by atoms with E-state index in [0.717, 1.165) is 41.7 Å². The molecule has 0 amide bonds. The number of aryl methyl sites for hydroxylation is 1. The maximum absolute atomic E-state index is 15.5. The fourth-order valence-corrected chi connectivity index (χ4v) is 6.52. The van der Waals surface area contributed by atoms with E-state index >= 15 is 4.39 Å². The molecule has 2 N–H and O–H groups in total. The topological polar surface area (TPSA) is 122 Å². The number of benzene rings is 2. The lowest BCUT2D eigenvalue weighted by Gasteiger charge is -2.12. The number of pyridine rings is 1. The van der Waals surface area contributed by atoms with E-state index in [4.69, 9.17) is 4.99 Å². The number of thioether (sulfide) groups is 1. The Labute approximate surface area is 235 Å². The minimum atomic E-state index is -4.44. The number of hydrogen-bond acceptors (Lipinski definition) is 7. The molecule has 5 aromatic rings. The van der Waals surface area contributed by atoms with E-state index in [1.54, 1.807) is 30.4 Å². The maximum atomic E-state index is 15.5. The monoisotopic (exact) mass is 596 g/mol. The van der Waals surface area contributed by atoms with Crippen LogP contribution in [0.4, 0.5) is 18.9 Å². The molecule has 6 rings (SSSR count). The molecule has 41 heavy (non-hydrogen) atoms. The second kappa shape index (κ2) is 10.2. The second-order valence-corrected chi connectivity index (χ2v) is 11.9. The van der Waals surface area contributed by atoms with Crippen molar-refractivity contribution in [3.05, 3.63) is 107 Å². The fraction of sp³-hybridized carbons (Fsp3) is 0.111. The Balaban J connectivity index is 1.34. The van der Waals surface area contributed by atoms with Gasteiger partial charge in [0.25, 0.3) is 10.0 Å². The number of H-pyrrole nitrogens is 1. The van der Waals surface area contributed by atoms with Gasteiger partial charge in [0.05, 0.1) is 33.9 Å². The van der Waals surface area contributed by atoms with Crippen LogP contribution in [0.2, 0.25) is 0 Å². The number of aliphatic imine (C=N–C) groups is 1. The van der Waals surface area contributed by atoms with Crippen molar-refractivity contribution in [1.29, 1.82) is 0 Å². The standard InChI is InChI=1S/C27H19F3N6O3S2/c1-14-11-36(13-33-14)27-34-22(12-40-27)15-7-18-19(10-32-26(18)31-9-15)25(37)23-20(29)5-6-21(24(23)30)35-41(38,39)17-4-2-3-16(28)8-17/h2-11,13,27,35H,12H2,1H3,(H,31,32). The summed E-state index contributed by atoms with van der Waals surface area (Å²) in [6, 6.07) is 7.38. The van der Waals surface area contributed by atoms with Crippen molar-refractivity contribution in [2.75, 3.05) is 10.5 Å². The van der Waals surface area contributed by atoms with Crippen molar-refractivity contribution in [3.63, 3.8) is 0 Å². The lowest BCUT2D eigenvalue weighted by molar-refractivity contribution is 0.103. The maximum Gasteiger partial charge on any atom is 0.262 e. The Bertz CT molecular complexity index is 1990. The molecule has 0 radical (unpaired) electrons. The van der Waals surface area contributed by atoms with Crippen LogP contribution in [0, 0.1) is 24.4 Å². The first kappa shape index (κ1) is 26.8. The van der Waals surface area contributed by atoms with Crippen molar-refractivity contribution in [2.45, 2.75) is 17.3 Å². The summed E-state index contributed by atoms with van der Waals surface area (Å²) in [5.74, 6) is -3.87. The molecule has 0 spiro atoms. The molecule has 2 aromatic carbocycles. The van der Waals surface area contributed by atoms with E-state index in [1.165, 1.54) is 12.3 Å². The van der Waals surface area contributed by atoms with Gasteiger partial charge in [-0.1, -0.05) is 6.07 Å². The van der Waals surface area contributed by atoms with Crippen molar-refractivity contribution < 1.29 is 26.4 Å². The lowest BCUT2D eigenvalue weighted by atomic mass is 10.0. The molecule has 1 atom stereocenters. The Hall–Kier alpha value is -4.43. The van der Waals surface area contributed by atoms with Gasteiger partial charge in [0, 0.05) is 40.9 Å². The number of aromatic amines is 1. The molecule has 0 fully saturated rings. The molecule has 3 aromatic heterocycles. The third-order valence-corrected chi connectivity index (χ3v) is 8.85. The van der Waals surface area contributed by atoms with E-state index in [2.05, 4.69) is 15.0 Å². The van der Waals surface area contributed by atoms with E-state index in [9.17, 15) is 22.0 Å². The van der Waals surface area contributed by atoms with Crippen molar-refractivity contribution in [1.82, 2.24) is 19.5 Å². The molecule has 208 valence electrons. The summed E-state index contributed by atoms with van der Waals surface area (Å²) in [5.41, 5.74) is 0.631. The van der Waals surface area contributed by atoms with Gasteiger partial charge in [-0.15, -0.1) is 11.8 Å². The highest BCUT2D eigenvalue weighted by Crippen LogP contribution is 2.34. The number of fused-ring (bicyclic) bond motifs is 1. The number of sulfonamides is 1. The molecule has 14 heteroatoms. The predicted molar refractivity (Wildman–Crippen MR) is 148 cm³/mol. The van der Waals surface area contributed by atoms with Gasteiger partial charge in [0.15, 0.2) is 11.3 Å². The number of carbonyl (C=O) groups is 1. The summed E-state index contributed by atoms with van der Waals surface area (Å²) in [6.45, 7) is 1.88. The van der Waals surface area contributed by atoms with E-state index < -0.39 is 49.4 Å². The Morgan fingerprint density at radius 2 is 1.98 bits per heavy atom. The molecule has 0 saturated heterocycles. The van der Waals surface area contributed by atoms with Crippen molar-refractivity contribution >= 4 is 50.0 Å². The van der Waals surface area contributed by atoms with Gasteiger partial charge in [0.2, 0.25) is 5.78 Å². The second-order valence-electron chi connectivity index (χ2n) is 9.17. The van der Waals surface area contributed by atoms with Crippen molar-refractivity contribution in [3.8, 4) is 0 Å². The number of halogens is 3. The summed E-state index contributed by atoms with van der Waals surface area (Å²) in [4.78, 5) is 29.1. The van der Waals surface area contributed by atoms with Crippen LogP contribution in [0.3, 0.4) is 0 Å². The van der Waals surface area contributed by atoms with Gasteiger partial charge in [-0.05, 0) is 43.3 Å². The van der Waals surface area contributed by atoms with Crippen LogP contribution in [0.1, 0.15) is 32.7 Å². The summed E-state index contributed by atoms with van der Waals surface area (Å²) in [5, 5.41) is 0.312. The van der Waals surface area contributed by atoms with Gasteiger partial charge in [-0.25, -0.2) is 31.6 Å². The molecule has 0 bridgehead atoms. The third kappa shape index (κ3) is 5.00. The molecule has 1 aliphatic heterocycles. The number of rotatable bonds is 7. The molecule has 0 aliphatic carbocycles. The normalized spacial score (nSPS) is 15.3. The van der Waals surface area contributed by atoms with Crippen LogP contribution in [-0.2, 0) is 10.0 Å². The number of anilines is 1. The first-order chi connectivity index (χ1) is 19.6. The number of hydrogen-bond donors (Lipinski definition) is 2. The number of carbonyl (C=O) groups excluding carboxylic acids is 1. The number of aromatic nitrogens is 4. The highest BCUT2D eigenvalue weighted by Gasteiger charge is 2.27. The summed E-state index contributed by atoms with van der Waals surface area (Å²) in [7, 11) is -4.44. The Morgan fingerprint density at radius 3 is 2.73 bits per heavy atom. The fourth-order valence-electron chi connectivity index (χ4n) is 4.39. The smallest absolute Gasteiger partial charge is 0.262 e. The van der Waals surface area contributed by atoms with Gasteiger partial charge < -0.3 is 9.55 Å². The highest BCUT2D eigenvalue weighted by atomic mass is 32.2. The molecule has 1 unspecified atom stereocenters. The number of imidazole rings is 1. The molecule has 9 nitrogen and oxygen atoms in total. The van der Waals surface area contributed by atoms with E-state index in [-0.39, 0.29) is 11.1 Å². The average molecular weight is 597 g/mol. The first-order valence-corrected chi connectivity index (χ1v) is 14.6. The van der Waals surface area contributed by atoms with E-state index in [1.807, 2.05) is 22.4 Å². The molecule has 1 aliphatic rings. The number of nitrogens with one attached hydrogen (secondary N) is 2. The highest BCUT2D eigenvalue weighted by molar-refractivity contribution is 8.00. The van der Waals surface area contributed by atoms with E-state index in [0.29, 0.717) is 22.3 Å². The zero-order chi connectivity index (χ0) is 28.9. The summed E-state index contributed by atoms with van der Waals surface area (Å²) < 4.78 is 73.2. The van der Waals surface area contributed by atoms with Crippen LogP contribution in [0.5, 0.6) is 0 Å². The van der Waals surface area contributed by atoms with Crippen molar-refractivity contribution in [2.24, 2.45) is 4.99 Å².